The Morgan fingerprint density at radius 1 is 1.11 bits per heavy atom. The summed E-state index contributed by atoms with van der Waals surface area (Å²) in [6, 6.07) is 18.6. The molecule has 1 aliphatic rings. The second-order valence-corrected chi connectivity index (χ2v) is 8.44. The highest BCUT2D eigenvalue weighted by Crippen LogP contribution is 2.42. The number of furan rings is 1. The van der Waals surface area contributed by atoms with E-state index >= 15 is 0 Å². The summed E-state index contributed by atoms with van der Waals surface area (Å²) in [4.78, 5) is 21.0. The van der Waals surface area contributed by atoms with Crippen LogP contribution in [0.3, 0.4) is 0 Å². The summed E-state index contributed by atoms with van der Waals surface area (Å²) in [5, 5.41) is 23.2. The van der Waals surface area contributed by atoms with Gasteiger partial charge in [-0.2, -0.15) is 0 Å². The molecule has 180 valence electrons. The summed E-state index contributed by atoms with van der Waals surface area (Å²) in [7, 11) is 0. The van der Waals surface area contributed by atoms with E-state index in [-0.39, 0.29) is 29.3 Å². The van der Waals surface area contributed by atoms with Gasteiger partial charge in [0.05, 0.1) is 17.5 Å². The summed E-state index contributed by atoms with van der Waals surface area (Å²) < 4.78 is 11.2. The van der Waals surface area contributed by atoms with Gasteiger partial charge in [-0.15, -0.1) is 0 Å². The van der Waals surface area contributed by atoms with Crippen molar-refractivity contribution in [2.45, 2.75) is 13.5 Å². The number of carbonyl (C=O) groups is 1. The Morgan fingerprint density at radius 2 is 1.89 bits per heavy atom. The number of fused-ring (bicyclic) bond motifs is 1. The zero-order valence-electron chi connectivity index (χ0n) is 19.3. The Labute approximate surface area is 202 Å². The molecule has 5 rings (SSSR count). The number of anilines is 2. The monoisotopic (exact) mass is 473 g/mol. The minimum atomic E-state index is -0.176. The van der Waals surface area contributed by atoms with Gasteiger partial charge in [-0.3, -0.25) is 10.0 Å². The van der Waals surface area contributed by atoms with Crippen LogP contribution in [0, 0.1) is 12.1 Å². The van der Waals surface area contributed by atoms with E-state index in [1.165, 1.54) is 6.26 Å². The Hall–Kier alpha value is -4.08. The first-order valence-corrected chi connectivity index (χ1v) is 11.4. The van der Waals surface area contributed by atoms with Crippen molar-refractivity contribution >= 4 is 28.2 Å². The smallest absolute Gasteiger partial charge is 0.289 e. The van der Waals surface area contributed by atoms with Crippen LogP contribution in [0.2, 0.25) is 0 Å². The molecule has 9 heteroatoms. The van der Waals surface area contributed by atoms with Gasteiger partial charge >= 0.3 is 0 Å². The second-order valence-electron chi connectivity index (χ2n) is 8.44. The zero-order chi connectivity index (χ0) is 24.4. The van der Waals surface area contributed by atoms with Gasteiger partial charge in [-0.05, 0) is 36.8 Å². The highest BCUT2D eigenvalue weighted by atomic mass is 16.8. The lowest BCUT2D eigenvalue weighted by atomic mass is 10.1. The fourth-order valence-corrected chi connectivity index (χ4v) is 4.34. The second kappa shape index (κ2) is 9.65. The van der Waals surface area contributed by atoms with Gasteiger partial charge in [-0.25, -0.2) is 4.98 Å². The number of hydrogen-bond donors (Lipinski definition) is 1. The maximum atomic E-state index is 12.7. The van der Waals surface area contributed by atoms with E-state index in [1.807, 2.05) is 60.4 Å². The average Bonchev–Trinajstić information content (AvgIpc) is 3.42. The SMILES string of the molecule is Cc1ccc2nc(OCc3ccccc3)c(N([O-])O)c(N3CCN(C(=O)c4ccco4)CC3)c2c1. The summed E-state index contributed by atoms with van der Waals surface area (Å²) in [5.41, 5.74) is 3.03. The third-order valence-corrected chi connectivity index (χ3v) is 6.08. The van der Waals surface area contributed by atoms with Crippen molar-refractivity contribution in [2.75, 3.05) is 36.3 Å². The predicted molar refractivity (Wildman–Crippen MR) is 132 cm³/mol. The molecular weight excluding hydrogens is 448 g/mol. The van der Waals surface area contributed by atoms with Gasteiger partial charge in [0, 0.05) is 31.6 Å². The number of ether oxygens (including phenoxy) is 1. The van der Waals surface area contributed by atoms with Crippen molar-refractivity contribution in [3.05, 3.63) is 89.0 Å². The van der Waals surface area contributed by atoms with Crippen LogP contribution >= 0.6 is 0 Å². The van der Waals surface area contributed by atoms with Crippen molar-refractivity contribution in [3.63, 3.8) is 0 Å². The van der Waals surface area contributed by atoms with E-state index in [1.54, 1.807) is 17.0 Å². The van der Waals surface area contributed by atoms with Crippen LogP contribution < -0.4 is 14.9 Å². The molecule has 1 amide bonds. The molecule has 2 aromatic heterocycles. The van der Waals surface area contributed by atoms with E-state index in [0.29, 0.717) is 43.1 Å². The predicted octanol–water partition coefficient (Wildman–Crippen LogP) is 4.37. The summed E-state index contributed by atoms with van der Waals surface area (Å²) in [6.45, 7) is 3.92. The van der Waals surface area contributed by atoms with E-state index < -0.39 is 0 Å². The van der Waals surface area contributed by atoms with Crippen LogP contribution in [0.1, 0.15) is 21.7 Å². The van der Waals surface area contributed by atoms with Gasteiger partial charge in [0.2, 0.25) is 5.88 Å². The molecule has 1 N–H and O–H groups in total. The van der Waals surface area contributed by atoms with E-state index in [4.69, 9.17) is 9.15 Å². The lowest BCUT2D eigenvalue weighted by molar-refractivity contribution is 0.0714. The maximum Gasteiger partial charge on any atom is 0.289 e. The fourth-order valence-electron chi connectivity index (χ4n) is 4.34. The number of carbonyl (C=O) groups excluding carboxylic acids is 1. The normalized spacial score (nSPS) is 13.8. The number of amides is 1. The average molecular weight is 474 g/mol. The minimum Gasteiger partial charge on any atom is -0.733 e. The van der Waals surface area contributed by atoms with Crippen LogP contribution in [-0.4, -0.2) is 47.2 Å². The molecule has 35 heavy (non-hydrogen) atoms. The number of aromatic nitrogens is 1. The molecular formula is C26H25N4O5-. The molecule has 0 aliphatic carbocycles. The molecule has 0 unspecified atom stereocenters. The Kier molecular flexibility index (Phi) is 6.26. The van der Waals surface area contributed by atoms with E-state index in [2.05, 4.69) is 4.98 Å². The van der Waals surface area contributed by atoms with Crippen molar-refractivity contribution in [1.29, 1.82) is 0 Å². The van der Waals surface area contributed by atoms with Crippen LogP contribution in [0.5, 0.6) is 5.88 Å². The largest absolute Gasteiger partial charge is 0.733 e. The van der Waals surface area contributed by atoms with E-state index in [9.17, 15) is 15.2 Å². The summed E-state index contributed by atoms with van der Waals surface area (Å²) in [6.07, 6.45) is 1.47. The summed E-state index contributed by atoms with van der Waals surface area (Å²) >= 11 is 0. The van der Waals surface area contributed by atoms with Crippen LogP contribution in [0.15, 0.2) is 71.3 Å². The van der Waals surface area contributed by atoms with Crippen molar-refractivity contribution in [3.8, 4) is 5.88 Å². The molecule has 1 saturated heterocycles. The molecule has 0 spiro atoms. The van der Waals surface area contributed by atoms with Gasteiger partial charge in [0.25, 0.3) is 5.91 Å². The first-order chi connectivity index (χ1) is 17.0. The van der Waals surface area contributed by atoms with Crippen LogP contribution in [0.4, 0.5) is 11.4 Å². The van der Waals surface area contributed by atoms with E-state index in [0.717, 1.165) is 16.5 Å². The quantitative estimate of drug-likeness (QED) is 0.412. The molecule has 2 aromatic carbocycles. The first kappa shape index (κ1) is 22.7. The number of pyridine rings is 1. The Morgan fingerprint density at radius 3 is 2.57 bits per heavy atom. The summed E-state index contributed by atoms with van der Waals surface area (Å²) in [5.74, 6) is 0.165. The van der Waals surface area contributed by atoms with Crippen LogP contribution in [-0.2, 0) is 6.61 Å². The fraction of sp³-hybridized carbons (Fsp3) is 0.231. The van der Waals surface area contributed by atoms with Gasteiger partial charge in [0.1, 0.15) is 12.3 Å². The topological polar surface area (TPSA) is 105 Å². The highest BCUT2D eigenvalue weighted by Gasteiger charge is 2.28. The number of benzene rings is 2. The number of hydrogen-bond acceptors (Lipinski definition) is 8. The lowest BCUT2D eigenvalue weighted by Gasteiger charge is -2.39. The molecule has 0 atom stereocenters. The number of aryl methyl sites for hydroxylation is 1. The molecule has 0 saturated carbocycles. The van der Waals surface area contributed by atoms with Crippen molar-refractivity contribution < 1.29 is 19.2 Å². The molecule has 1 fully saturated rings. The maximum absolute atomic E-state index is 12.7. The number of nitrogens with zero attached hydrogens (tertiary/aromatic N) is 4. The van der Waals surface area contributed by atoms with Crippen molar-refractivity contribution in [2.24, 2.45) is 0 Å². The Balaban J connectivity index is 1.50. The van der Waals surface area contributed by atoms with Gasteiger partial charge in [-0.1, -0.05) is 42.0 Å². The number of rotatable bonds is 6. The Bertz CT molecular complexity index is 1320. The lowest BCUT2D eigenvalue weighted by Crippen LogP contribution is -2.49. The third kappa shape index (κ3) is 4.64. The van der Waals surface area contributed by atoms with Gasteiger partial charge in [0.15, 0.2) is 5.76 Å². The minimum absolute atomic E-state index is 0.0480. The molecule has 9 nitrogen and oxygen atoms in total. The molecule has 0 radical (unpaired) electrons. The molecule has 3 heterocycles. The zero-order valence-corrected chi connectivity index (χ0v) is 19.3. The third-order valence-electron chi connectivity index (χ3n) is 6.08. The standard InChI is InChI=1S/C26H25N4O5/c1-18-9-10-21-20(16-18)23(28-11-13-29(14-12-28)26(31)22-8-5-15-34-22)24(30(32)33)25(27-21)35-17-19-6-3-2-4-7-19/h2-10,15-16,32H,11-14,17H2,1H3/q-1. The van der Waals surface area contributed by atoms with Crippen LogP contribution in [0.25, 0.3) is 10.9 Å². The molecule has 0 bridgehead atoms. The molecule has 1 aliphatic heterocycles. The number of piperazine rings is 1. The first-order valence-electron chi connectivity index (χ1n) is 11.4. The molecule has 4 aromatic rings. The van der Waals surface area contributed by atoms with Crippen molar-refractivity contribution in [1.82, 2.24) is 9.88 Å². The van der Waals surface area contributed by atoms with Gasteiger partial charge < -0.3 is 29.4 Å². The highest BCUT2D eigenvalue weighted by molar-refractivity contribution is 6.01.